The summed E-state index contributed by atoms with van der Waals surface area (Å²) in [6, 6.07) is 7.46. The van der Waals surface area contributed by atoms with Gasteiger partial charge in [-0.3, -0.25) is 9.59 Å². The lowest BCUT2D eigenvalue weighted by Crippen LogP contribution is -2.26. The van der Waals surface area contributed by atoms with E-state index in [1.54, 1.807) is 13.0 Å². The first kappa shape index (κ1) is 24.7. The molecule has 0 fully saturated rings. The number of aromatic amines is 1. The van der Waals surface area contributed by atoms with Gasteiger partial charge in [-0.2, -0.15) is 5.21 Å². The number of Topliss-reactive ketones (excluding diaryl/α,β-unsaturated/α-hetero) is 1. The summed E-state index contributed by atoms with van der Waals surface area (Å²) >= 11 is 0. The van der Waals surface area contributed by atoms with E-state index in [-0.39, 0.29) is 18.2 Å². The number of carbonyl (C=O) groups is 2. The number of ketones is 1. The Labute approximate surface area is 185 Å². The molecule has 170 valence electrons. The van der Waals surface area contributed by atoms with Gasteiger partial charge in [0.05, 0.1) is 6.61 Å². The highest BCUT2D eigenvalue weighted by molar-refractivity contribution is 6.13. The van der Waals surface area contributed by atoms with Crippen LogP contribution in [0.15, 0.2) is 24.3 Å². The standard InChI is InChI=1S/C24H36N4O3/c1-3-5-6-7-8-9-10-11-12-13-16-19-17-14-15-18-20(19)22(29)21(24(30)31-4-2)23-25-27-28-26-23/h14-15,17-18,21H,3-13,16H2,1-2H3,(H,25,26,27,28). The van der Waals surface area contributed by atoms with Gasteiger partial charge in [-0.1, -0.05) is 94.2 Å². The lowest BCUT2D eigenvalue weighted by Gasteiger charge is -2.14. The van der Waals surface area contributed by atoms with Crippen LogP contribution < -0.4 is 0 Å². The van der Waals surface area contributed by atoms with Gasteiger partial charge in [0.2, 0.25) is 0 Å². The molecule has 1 N–H and O–H groups in total. The van der Waals surface area contributed by atoms with Crippen LogP contribution in [0.1, 0.15) is 106 Å². The number of nitrogens with zero attached hydrogens (tertiary/aromatic N) is 3. The van der Waals surface area contributed by atoms with E-state index < -0.39 is 11.9 Å². The van der Waals surface area contributed by atoms with E-state index in [1.807, 2.05) is 18.2 Å². The lowest BCUT2D eigenvalue weighted by atomic mass is 9.91. The maximum atomic E-state index is 13.2. The Hall–Kier alpha value is -2.57. The molecule has 1 aromatic carbocycles. The molecule has 0 saturated carbocycles. The monoisotopic (exact) mass is 428 g/mol. The predicted molar refractivity (Wildman–Crippen MR) is 120 cm³/mol. The van der Waals surface area contributed by atoms with Crippen LogP contribution in [0, 0.1) is 0 Å². The topological polar surface area (TPSA) is 97.8 Å². The Balaban J connectivity index is 1.89. The number of hydrogen-bond acceptors (Lipinski definition) is 6. The SMILES string of the molecule is CCCCCCCCCCCCc1ccccc1C(=O)C(C(=O)OCC)c1nn[nH]n1. The molecule has 1 atom stereocenters. The van der Waals surface area contributed by atoms with Gasteiger partial charge in [0.1, 0.15) is 0 Å². The molecule has 0 aliphatic heterocycles. The molecule has 0 radical (unpaired) electrons. The zero-order chi connectivity index (χ0) is 22.3. The molecule has 0 bridgehead atoms. The first-order chi connectivity index (χ1) is 15.2. The van der Waals surface area contributed by atoms with Crippen LogP contribution >= 0.6 is 0 Å². The molecule has 1 aromatic heterocycles. The molecule has 1 heterocycles. The lowest BCUT2D eigenvalue weighted by molar-refractivity contribution is -0.143. The molecule has 2 aromatic rings. The van der Waals surface area contributed by atoms with Crippen LogP contribution in [0.25, 0.3) is 0 Å². The minimum atomic E-state index is -1.20. The zero-order valence-corrected chi connectivity index (χ0v) is 18.9. The number of hydrogen-bond donors (Lipinski definition) is 1. The smallest absolute Gasteiger partial charge is 0.324 e. The number of aromatic nitrogens is 4. The summed E-state index contributed by atoms with van der Waals surface area (Å²) in [5.41, 5.74) is 1.48. The van der Waals surface area contributed by atoms with Crippen LogP contribution in [0.2, 0.25) is 0 Å². The fraction of sp³-hybridized carbons (Fsp3) is 0.625. The highest BCUT2D eigenvalue weighted by Crippen LogP contribution is 2.23. The number of ether oxygens (including phenoxy) is 1. The molecular formula is C24H36N4O3. The number of esters is 1. The van der Waals surface area contributed by atoms with Crippen LogP contribution in [0.5, 0.6) is 0 Å². The summed E-state index contributed by atoms with van der Waals surface area (Å²) in [6.45, 7) is 4.13. The predicted octanol–water partition coefficient (Wildman–Crippen LogP) is 5.19. The number of tetrazole rings is 1. The Morgan fingerprint density at radius 2 is 1.58 bits per heavy atom. The molecule has 7 heteroatoms. The average molecular weight is 429 g/mol. The zero-order valence-electron chi connectivity index (χ0n) is 18.9. The number of unbranched alkanes of at least 4 members (excludes halogenated alkanes) is 9. The number of carbonyl (C=O) groups excluding carboxylic acids is 2. The van der Waals surface area contributed by atoms with Crippen molar-refractivity contribution in [2.24, 2.45) is 0 Å². The first-order valence-corrected chi connectivity index (χ1v) is 11.7. The Kier molecular flexibility index (Phi) is 11.5. The molecule has 31 heavy (non-hydrogen) atoms. The Morgan fingerprint density at radius 1 is 0.935 bits per heavy atom. The maximum Gasteiger partial charge on any atom is 0.324 e. The number of aryl methyl sites for hydroxylation is 1. The van der Waals surface area contributed by atoms with Gasteiger partial charge in [0.15, 0.2) is 17.5 Å². The molecule has 0 aliphatic carbocycles. The fourth-order valence-electron chi connectivity index (χ4n) is 3.78. The van der Waals surface area contributed by atoms with Crippen LogP contribution in [0.4, 0.5) is 0 Å². The second-order valence-corrected chi connectivity index (χ2v) is 7.91. The van der Waals surface area contributed by atoms with Gasteiger partial charge in [0.25, 0.3) is 0 Å². The number of benzene rings is 1. The van der Waals surface area contributed by atoms with Crippen molar-refractivity contribution in [3.8, 4) is 0 Å². The van der Waals surface area contributed by atoms with Crippen LogP contribution in [-0.4, -0.2) is 39.0 Å². The highest BCUT2D eigenvalue weighted by Gasteiger charge is 2.35. The summed E-state index contributed by atoms with van der Waals surface area (Å²) in [4.78, 5) is 25.7. The van der Waals surface area contributed by atoms with Gasteiger partial charge in [-0.15, -0.1) is 10.2 Å². The van der Waals surface area contributed by atoms with Crippen molar-refractivity contribution in [2.75, 3.05) is 6.61 Å². The van der Waals surface area contributed by atoms with Crippen molar-refractivity contribution in [2.45, 2.75) is 90.4 Å². The molecular weight excluding hydrogens is 392 g/mol. The van der Waals surface area contributed by atoms with Gasteiger partial charge in [-0.25, -0.2) is 0 Å². The summed E-state index contributed by atoms with van der Waals surface area (Å²) in [5.74, 6) is -2.16. The van der Waals surface area contributed by atoms with Crippen LogP contribution in [-0.2, 0) is 16.0 Å². The average Bonchev–Trinajstić information content (AvgIpc) is 3.30. The third-order valence-corrected chi connectivity index (χ3v) is 5.49. The van der Waals surface area contributed by atoms with Crippen molar-refractivity contribution >= 4 is 11.8 Å². The largest absolute Gasteiger partial charge is 0.465 e. The molecule has 0 spiro atoms. The van der Waals surface area contributed by atoms with Crippen molar-refractivity contribution in [1.29, 1.82) is 0 Å². The minimum Gasteiger partial charge on any atom is -0.465 e. The van der Waals surface area contributed by atoms with Crippen LogP contribution in [0.3, 0.4) is 0 Å². The molecule has 2 rings (SSSR count). The third-order valence-electron chi connectivity index (χ3n) is 5.49. The Bertz CT molecular complexity index is 777. The summed E-state index contributed by atoms with van der Waals surface area (Å²) in [7, 11) is 0. The van der Waals surface area contributed by atoms with Crippen molar-refractivity contribution in [3.05, 3.63) is 41.2 Å². The van der Waals surface area contributed by atoms with Gasteiger partial charge < -0.3 is 4.74 Å². The normalized spacial score (nSPS) is 11.9. The number of nitrogens with one attached hydrogen (secondary N) is 1. The Morgan fingerprint density at radius 3 is 2.19 bits per heavy atom. The van der Waals surface area contributed by atoms with E-state index >= 15 is 0 Å². The van der Waals surface area contributed by atoms with E-state index in [1.165, 1.54) is 51.4 Å². The molecule has 0 aliphatic rings. The molecule has 0 amide bonds. The maximum absolute atomic E-state index is 13.2. The second kappa shape index (κ2) is 14.4. The van der Waals surface area contributed by atoms with Crippen molar-refractivity contribution in [1.82, 2.24) is 20.6 Å². The van der Waals surface area contributed by atoms with Crippen molar-refractivity contribution < 1.29 is 14.3 Å². The van der Waals surface area contributed by atoms with Gasteiger partial charge in [-0.05, 0) is 25.3 Å². The minimum absolute atomic E-state index is 0.0391. The summed E-state index contributed by atoms with van der Waals surface area (Å²) in [5, 5.41) is 13.5. The highest BCUT2D eigenvalue weighted by atomic mass is 16.5. The van der Waals surface area contributed by atoms with E-state index in [0.717, 1.165) is 24.8 Å². The summed E-state index contributed by atoms with van der Waals surface area (Å²) in [6.07, 6.45) is 13.5. The first-order valence-electron chi connectivity index (χ1n) is 11.7. The van der Waals surface area contributed by atoms with E-state index in [9.17, 15) is 9.59 Å². The summed E-state index contributed by atoms with van der Waals surface area (Å²) < 4.78 is 5.10. The van der Waals surface area contributed by atoms with Gasteiger partial charge in [0, 0.05) is 5.56 Å². The fourth-order valence-corrected chi connectivity index (χ4v) is 3.78. The van der Waals surface area contributed by atoms with E-state index in [0.29, 0.717) is 5.56 Å². The molecule has 1 unspecified atom stereocenters. The second-order valence-electron chi connectivity index (χ2n) is 7.91. The number of rotatable bonds is 16. The third kappa shape index (κ3) is 8.23. The molecule has 0 saturated heterocycles. The van der Waals surface area contributed by atoms with E-state index in [4.69, 9.17) is 4.74 Å². The van der Waals surface area contributed by atoms with E-state index in [2.05, 4.69) is 27.5 Å². The van der Waals surface area contributed by atoms with Gasteiger partial charge >= 0.3 is 5.97 Å². The molecule has 7 nitrogen and oxygen atoms in total. The van der Waals surface area contributed by atoms with Crippen molar-refractivity contribution in [3.63, 3.8) is 0 Å². The number of H-pyrrole nitrogens is 1. The quantitative estimate of drug-likeness (QED) is 0.171.